The fourth-order valence-electron chi connectivity index (χ4n) is 3.79. The minimum atomic E-state index is -0.521. The molecule has 2 unspecified atom stereocenters. The molecule has 8 nitrogen and oxygen atoms in total. The first kappa shape index (κ1) is 19.3. The molecular weight excluding hydrogens is 384 g/mol. The first-order valence-electron chi connectivity index (χ1n) is 9.47. The number of rotatable bonds is 5. The number of hydrogen-bond acceptors (Lipinski definition) is 7. The fraction of sp³-hybridized carbons (Fsp3) is 0.526. The van der Waals surface area contributed by atoms with Crippen LogP contribution >= 0.6 is 11.6 Å². The SMILES string of the molecule is O=C(CC1NCCC1O)Cn1cnc2cc(N3CCOCC3)c(Cl)cc2c1=O. The second-order valence-electron chi connectivity index (χ2n) is 7.26. The van der Waals surface area contributed by atoms with Crippen molar-refractivity contribution in [3.63, 3.8) is 0 Å². The summed E-state index contributed by atoms with van der Waals surface area (Å²) in [5.74, 6) is -0.127. The molecule has 28 heavy (non-hydrogen) atoms. The van der Waals surface area contributed by atoms with Crippen LogP contribution < -0.4 is 15.8 Å². The highest BCUT2D eigenvalue weighted by Gasteiger charge is 2.27. The zero-order valence-corrected chi connectivity index (χ0v) is 16.2. The second kappa shape index (κ2) is 8.16. The van der Waals surface area contributed by atoms with Crippen molar-refractivity contribution in [2.45, 2.75) is 31.5 Å². The summed E-state index contributed by atoms with van der Waals surface area (Å²) in [5.41, 5.74) is 1.08. The van der Waals surface area contributed by atoms with Crippen LogP contribution in [0, 0.1) is 0 Å². The van der Waals surface area contributed by atoms with Gasteiger partial charge in [0.2, 0.25) is 0 Å². The molecule has 0 amide bonds. The predicted octanol–water partition coefficient (Wildman–Crippen LogP) is 0.568. The summed E-state index contributed by atoms with van der Waals surface area (Å²) in [6.45, 7) is 3.36. The summed E-state index contributed by atoms with van der Waals surface area (Å²) in [6, 6.07) is 3.19. The van der Waals surface area contributed by atoms with Gasteiger partial charge < -0.3 is 20.1 Å². The molecular formula is C19H23ClN4O4. The van der Waals surface area contributed by atoms with E-state index in [2.05, 4.69) is 15.2 Å². The van der Waals surface area contributed by atoms with E-state index >= 15 is 0 Å². The Morgan fingerprint density at radius 2 is 2.14 bits per heavy atom. The lowest BCUT2D eigenvalue weighted by Crippen LogP contribution is -2.36. The summed E-state index contributed by atoms with van der Waals surface area (Å²) >= 11 is 6.43. The van der Waals surface area contributed by atoms with Crippen LogP contribution in [-0.2, 0) is 16.1 Å². The number of anilines is 1. The topological polar surface area (TPSA) is 96.7 Å². The van der Waals surface area contributed by atoms with Gasteiger partial charge in [-0.3, -0.25) is 14.2 Å². The molecule has 1 aromatic carbocycles. The van der Waals surface area contributed by atoms with Crippen molar-refractivity contribution in [2.75, 3.05) is 37.7 Å². The number of morpholine rings is 1. The molecule has 0 aliphatic carbocycles. The lowest BCUT2D eigenvalue weighted by atomic mass is 10.1. The van der Waals surface area contributed by atoms with Gasteiger partial charge in [0.25, 0.3) is 5.56 Å². The Hall–Kier alpha value is -2.00. The molecule has 2 aliphatic rings. The Kier molecular flexibility index (Phi) is 5.63. The van der Waals surface area contributed by atoms with Crippen molar-refractivity contribution >= 4 is 34.0 Å². The van der Waals surface area contributed by atoms with Gasteiger partial charge in [0.15, 0.2) is 5.78 Å². The van der Waals surface area contributed by atoms with Crippen molar-refractivity contribution in [3.8, 4) is 0 Å². The number of aliphatic hydroxyl groups excluding tert-OH is 1. The molecule has 2 saturated heterocycles. The number of hydrogen-bond donors (Lipinski definition) is 2. The number of benzene rings is 1. The largest absolute Gasteiger partial charge is 0.391 e. The van der Waals surface area contributed by atoms with Crippen molar-refractivity contribution < 1.29 is 14.6 Å². The van der Waals surface area contributed by atoms with E-state index in [1.807, 2.05) is 6.07 Å². The van der Waals surface area contributed by atoms with Crippen LogP contribution in [0.4, 0.5) is 5.69 Å². The Labute approximate surface area is 167 Å². The molecule has 2 aliphatic heterocycles. The maximum absolute atomic E-state index is 12.8. The van der Waals surface area contributed by atoms with Crippen LogP contribution in [0.2, 0.25) is 5.02 Å². The number of aromatic nitrogens is 2. The summed E-state index contributed by atoms with van der Waals surface area (Å²) in [5, 5.41) is 13.8. The Morgan fingerprint density at radius 1 is 1.36 bits per heavy atom. The standard InChI is InChI=1S/C19H23ClN4O4/c20-14-8-13-15(9-17(14)23-3-5-28-6-4-23)22-11-24(19(13)27)10-12(25)7-16-18(26)1-2-21-16/h8-9,11,16,18,21,26H,1-7,10H2. The molecule has 0 radical (unpaired) electrons. The molecule has 3 heterocycles. The van der Waals surface area contributed by atoms with Gasteiger partial charge in [0.1, 0.15) is 0 Å². The molecule has 0 saturated carbocycles. The molecule has 0 spiro atoms. The zero-order chi connectivity index (χ0) is 19.7. The summed E-state index contributed by atoms with van der Waals surface area (Å²) < 4.78 is 6.67. The summed E-state index contributed by atoms with van der Waals surface area (Å²) in [7, 11) is 0. The number of nitrogens with zero attached hydrogens (tertiary/aromatic N) is 3. The molecule has 0 bridgehead atoms. The maximum atomic E-state index is 12.8. The number of carbonyl (C=O) groups excluding carboxylic acids is 1. The third-order valence-corrected chi connectivity index (χ3v) is 5.65. The number of carbonyl (C=O) groups is 1. The van der Waals surface area contributed by atoms with Crippen LogP contribution in [0.25, 0.3) is 10.9 Å². The van der Waals surface area contributed by atoms with Crippen LogP contribution in [0.15, 0.2) is 23.3 Å². The number of halogens is 1. The highest BCUT2D eigenvalue weighted by Crippen LogP contribution is 2.29. The van der Waals surface area contributed by atoms with E-state index < -0.39 is 6.10 Å². The minimum Gasteiger partial charge on any atom is -0.391 e. The van der Waals surface area contributed by atoms with Gasteiger partial charge in [0.05, 0.1) is 53.8 Å². The van der Waals surface area contributed by atoms with Gasteiger partial charge in [0, 0.05) is 25.6 Å². The van der Waals surface area contributed by atoms with Crippen molar-refractivity contribution in [3.05, 3.63) is 33.8 Å². The lowest BCUT2D eigenvalue weighted by molar-refractivity contribution is -0.120. The van der Waals surface area contributed by atoms with E-state index in [0.29, 0.717) is 42.1 Å². The van der Waals surface area contributed by atoms with Crippen molar-refractivity contribution in [2.24, 2.45) is 0 Å². The summed E-state index contributed by atoms with van der Waals surface area (Å²) in [4.78, 5) is 31.6. The molecule has 2 N–H and O–H groups in total. The van der Waals surface area contributed by atoms with E-state index in [-0.39, 0.29) is 30.3 Å². The van der Waals surface area contributed by atoms with E-state index in [9.17, 15) is 14.7 Å². The van der Waals surface area contributed by atoms with Gasteiger partial charge >= 0.3 is 0 Å². The number of ether oxygens (including phenoxy) is 1. The molecule has 1 aromatic heterocycles. The van der Waals surface area contributed by atoms with Crippen molar-refractivity contribution in [1.29, 1.82) is 0 Å². The maximum Gasteiger partial charge on any atom is 0.261 e. The van der Waals surface area contributed by atoms with Gasteiger partial charge in [-0.15, -0.1) is 0 Å². The third kappa shape index (κ3) is 3.91. The third-order valence-electron chi connectivity index (χ3n) is 5.35. The monoisotopic (exact) mass is 406 g/mol. The highest BCUT2D eigenvalue weighted by atomic mass is 35.5. The predicted molar refractivity (Wildman–Crippen MR) is 106 cm³/mol. The molecule has 9 heteroatoms. The van der Waals surface area contributed by atoms with Crippen molar-refractivity contribution in [1.82, 2.24) is 14.9 Å². The molecule has 2 fully saturated rings. The van der Waals surface area contributed by atoms with E-state index in [1.54, 1.807) is 6.07 Å². The van der Waals surface area contributed by atoms with Gasteiger partial charge in [-0.1, -0.05) is 11.6 Å². The normalized spacial score (nSPS) is 22.7. The second-order valence-corrected chi connectivity index (χ2v) is 7.66. The van der Waals surface area contributed by atoms with Crippen LogP contribution in [0.1, 0.15) is 12.8 Å². The number of nitrogens with one attached hydrogen (secondary N) is 1. The zero-order valence-electron chi connectivity index (χ0n) is 15.4. The van der Waals surface area contributed by atoms with Gasteiger partial charge in [-0.25, -0.2) is 4.98 Å². The lowest BCUT2D eigenvalue weighted by Gasteiger charge is -2.29. The molecule has 4 rings (SSSR count). The fourth-order valence-corrected chi connectivity index (χ4v) is 4.07. The minimum absolute atomic E-state index is 0.0739. The highest BCUT2D eigenvalue weighted by molar-refractivity contribution is 6.34. The van der Waals surface area contributed by atoms with E-state index in [4.69, 9.17) is 16.3 Å². The number of Topliss-reactive ketones (excluding diaryl/α,β-unsaturated/α-hetero) is 1. The number of fused-ring (bicyclic) bond motifs is 1. The quantitative estimate of drug-likeness (QED) is 0.749. The molecule has 150 valence electrons. The van der Waals surface area contributed by atoms with Crippen LogP contribution in [-0.4, -0.2) is 65.4 Å². The summed E-state index contributed by atoms with van der Waals surface area (Å²) in [6.07, 6.45) is 1.70. The average molecular weight is 407 g/mol. The average Bonchev–Trinajstić information content (AvgIpc) is 3.09. The number of aliphatic hydroxyl groups is 1. The molecule has 2 atom stereocenters. The van der Waals surface area contributed by atoms with Crippen LogP contribution in [0.3, 0.4) is 0 Å². The van der Waals surface area contributed by atoms with Crippen LogP contribution in [0.5, 0.6) is 0 Å². The van der Waals surface area contributed by atoms with E-state index in [1.165, 1.54) is 10.9 Å². The Bertz CT molecular complexity index is 941. The first-order valence-corrected chi connectivity index (χ1v) is 9.85. The Balaban J connectivity index is 1.56. The smallest absolute Gasteiger partial charge is 0.261 e. The van der Waals surface area contributed by atoms with Gasteiger partial charge in [-0.05, 0) is 25.1 Å². The molecule has 2 aromatic rings. The van der Waals surface area contributed by atoms with Gasteiger partial charge in [-0.2, -0.15) is 0 Å². The Morgan fingerprint density at radius 3 is 2.86 bits per heavy atom. The first-order chi connectivity index (χ1) is 13.5. The van der Waals surface area contributed by atoms with E-state index in [0.717, 1.165) is 18.8 Å². The number of ketones is 1.